The van der Waals surface area contributed by atoms with Gasteiger partial charge in [-0.15, -0.1) is 0 Å². The lowest BCUT2D eigenvalue weighted by atomic mass is 9.86. The molecule has 3 fully saturated rings. The van der Waals surface area contributed by atoms with Gasteiger partial charge in [0.15, 0.2) is 0 Å². The lowest BCUT2D eigenvalue weighted by Gasteiger charge is -2.42. The molecule has 0 N–H and O–H groups in total. The normalized spacial score (nSPS) is 27.1. The van der Waals surface area contributed by atoms with Crippen LogP contribution in [0.2, 0.25) is 5.02 Å². The molecule has 6 heteroatoms. The van der Waals surface area contributed by atoms with E-state index in [4.69, 9.17) is 11.6 Å². The molecule has 0 atom stereocenters. The Hall–Kier alpha value is -1.33. The van der Waals surface area contributed by atoms with Crippen LogP contribution in [0.25, 0.3) is 0 Å². The summed E-state index contributed by atoms with van der Waals surface area (Å²) in [5.41, 5.74) is 0.616. The second-order valence-corrected chi connectivity index (χ2v) is 9.23. The van der Waals surface area contributed by atoms with Crippen molar-refractivity contribution >= 4 is 23.3 Å². The molecule has 154 valence electrons. The highest BCUT2D eigenvalue weighted by Gasteiger charge is 2.28. The number of pyridine rings is 1. The van der Waals surface area contributed by atoms with Gasteiger partial charge in [0.1, 0.15) is 5.82 Å². The second-order valence-electron chi connectivity index (χ2n) is 8.82. The minimum Gasteiger partial charge on any atom is -0.353 e. The molecule has 5 nitrogen and oxygen atoms in total. The smallest absolute Gasteiger partial charge is 0.255 e. The van der Waals surface area contributed by atoms with E-state index in [9.17, 15) is 4.79 Å². The van der Waals surface area contributed by atoms with Gasteiger partial charge in [-0.3, -0.25) is 9.69 Å². The van der Waals surface area contributed by atoms with Crippen molar-refractivity contribution < 1.29 is 4.79 Å². The first-order valence-electron chi connectivity index (χ1n) is 11.1. The van der Waals surface area contributed by atoms with Crippen LogP contribution in [0.5, 0.6) is 0 Å². The molecule has 2 saturated heterocycles. The van der Waals surface area contributed by atoms with Gasteiger partial charge >= 0.3 is 0 Å². The Morgan fingerprint density at radius 2 is 1.68 bits per heavy atom. The van der Waals surface area contributed by atoms with Gasteiger partial charge in [-0.25, -0.2) is 4.98 Å². The van der Waals surface area contributed by atoms with Crippen LogP contribution < -0.4 is 4.90 Å². The van der Waals surface area contributed by atoms with Crippen LogP contribution in [0.4, 0.5) is 5.82 Å². The molecule has 0 unspecified atom stereocenters. The van der Waals surface area contributed by atoms with Crippen LogP contribution in [0, 0.1) is 5.92 Å². The molecule has 1 aromatic rings. The second kappa shape index (κ2) is 9.00. The molecule has 4 rings (SSSR count). The molecule has 3 aliphatic rings. The molecule has 0 spiro atoms. The van der Waals surface area contributed by atoms with E-state index in [1.165, 1.54) is 32.1 Å². The maximum Gasteiger partial charge on any atom is 0.255 e. The summed E-state index contributed by atoms with van der Waals surface area (Å²) in [6, 6.07) is 2.57. The zero-order chi connectivity index (χ0) is 19.5. The topological polar surface area (TPSA) is 39.7 Å². The Bertz CT molecular complexity index is 675. The summed E-state index contributed by atoms with van der Waals surface area (Å²) in [4.78, 5) is 24.1. The summed E-state index contributed by atoms with van der Waals surface area (Å²) in [5, 5.41) is 0.600. The molecule has 2 aliphatic heterocycles. The maximum atomic E-state index is 12.7. The molecule has 3 heterocycles. The van der Waals surface area contributed by atoms with Crippen LogP contribution in [0.15, 0.2) is 12.3 Å². The summed E-state index contributed by atoms with van der Waals surface area (Å²) in [6.45, 7) is 8.13. The Kier molecular flexibility index (Phi) is 6.42. The van der Waals surface area contributed by atoms with Crippen molar-refractivity contribution in [1.82, 2.24) is 14.8 Å². The van der Waals surface area contributed by atoms with E-state index in [0.717, 1.165) is 69.9 Å². The number of hydrogen-bond acceptors (Lipinski definition) is 4. The van der Waals surface area contributed by atoms with E-state index in [1.54, 1.807) is 6.20 Å². The molecule has 28 heavy (non-hydrogen) atoms. The van der Waals surface area contributed by atoms with Crippen molar-refractivity contribution in [2.24, 2.45) is 5.92 Å². The van der Waals surface area contributed by atoms with Gasteiger partial charge in [0, 0.05) is 51.5 Å². The van der Waals surface area contributed by atoms with Crippen molar-refractivity contribution in [3.8, 4) is 0 Å². The summed E-state index contributed by atoms with van der Waals surface area (Å²) < 4.78 is 0. The van der Waals surface area contributed by atoms with E-state index in [2.05, 4.69) is 21.7 Å². The highest BCUT2D eigenvalue weighted by molar-refractivity contribution is 6.33. The van der Waals surface area contributed by atoms with E-state index >= 15 is 0 Å². The third kappa shape index (κ3) is 4.46. The minimum absolute atomic E-state index is 0.0667. The first-order valence-corrected chi connectivity index (χ1v) is 11.4. The van der Waals surface area contributed by atoms with Crippen LogP contribution in [0.3, 0.4) is 0 Å². The molecule has 1 amide bonds. The molecule has 0 bridgehead atoms. The SMILES string of the molecule is CC1CCC(N2CCN(c3ncc(C(=O)N4CCCCC4)cc3Cl)CC2)CC1. The largest absolute Gasteiger partial charge is 0.353 e. The van der Waals surface area contributed by atoms with Crippen molar-refractivity contribution in [1.29, 1.82) is 0 Å². The van der Waals surface area contributed by atoms with Gasteiger partial charge in [0.05, 0.1) is 10.6 Å². The number of nitrogens with zero attached hydrogens (tertiary/aromatic N) is 4. The van der Waals surface area contributed by atoms with Crippen LogP contribution >= 0.6 is 11.6 Å². The van der Waals surface area contributed by atoms with Crippen molar-refractivity contribution in [2.45, 2.75) is 57.9 Å². The number of hydrogen-bond donors (Lipinski definition) is 0. The van der Waals surface area contributed by atoms with Crippen LogP contribution in [-0.2, 0) is 0 Å². The maximum absolute atomic E-state index is 12.7. The number of amides is 1. The van der Waals surface area contributed by atoms with E-state index in [1.807, 2.05) is 11.0 Å². The average Bonchev–Trinajstić information content (AvgIpc) is 2.74. The highest BCUT2D eigenvalue weighted by Crippen LogP contribution is 2.30. The fraction of sp³-hybridized carbons (Fsp3) is 0.727. The molecule has 1 aromatic heterocycles. The fourth-order valence-electron chi connectivity index (χ4n) is 4.97. The summed E-state index contributed by atoms with van der Waals surface area (Å²) in [7, 11) is 0. The third-order valence-electron chi connectivity index (χ3n) is 6.83. The number of likely N-dealkylation sites (tertiary alicyclic amines) is 1. The summed E-state index contributed by atoms with van der Waals surface area (Å²) in [6.07, 6.45) is 10.5. The predicted molar refractivity (Wildman–Crippen MR) is 114 cm³/mol. The lowest BCUT2D eigenvalue weighted by Crippen LogP contribution is -2.51. The van der Waals surface area contributed by atoms with Crippen LogP contribution in [-0.4, -0.2) is 66.0 Å². The molecule has 0 aromatic carbocycles. The number of carbonyl (C=O) groups is 1. The molecule has 1 aliphatic carbocycles. The van der Waals surface area contributed by atoms with Crippen molar-refractivity contribution in [3.05, 3.63) is 22.8 Å². The number of anilines is 1. The molecule has 0 radical (unpaired) electrons. The number of aromatic nitrogens is 1. The zero-order valence-corrected chi connectivity index (χ0v) is 17.8. The van der Waals surface area contributed by atoms with E-state index < -0.39 is 0 Å². The number of rotatable bonds is 3. The Balaban J connectivity index is 1.35. The van der Waals surface area contributed by atoms with Gasteiger partial charge < -0.3 is 9.80 Å². The van der Waals surface area contributed by atoms with E-state index in [0.29, 0.717) is 10.6 Å². The van der Waals surface area contributed by atoms with Gasteiger partial charge in [0.2, 0.25) is 0 Å². The van der Waals surface area contributed by atoms with Crippen LogP contribution in [0.1, 0.15) is 62.2 Å². The average molecular weight is 405 g/mol. The number of halogens is 1. The molecular weight excluding hydrogens is 372 g/mol. The van der Waals surface area contributed by atoms with Gasteiger partial charge in [0.25, 0.3) is 5.91 Å². The molecular formula is C22H33ClN4O. The fourth-order valence-corrected chi connectivity index (χ4v) is 5.25. The third-order valence-corrected chi connectivity index (χ3v) is 7.11. The summed E-state index contributed by atoms with van der Waals surface area (Å²) >= 11 is 6.56. The standard InChI is InChI=1S/C22H33ClN4O/c1-17-5-7-19(8-6-17)25-11-13-26(14-12-25)21-20(23)15-18(16-24-21)22(28)27-9-3-2-4-10-27/h15-17,19H,2-14H2,1H3. The van der Waals surface area contributed by atoms with Crippen molar-refractivity contribution in [3.63, 3.8) is 0 Å². The number of piperidine rings is 1. The summed E-state index contributed by atoms with van der Waals surface area (Å²) in [5.74, 6) is 1.79. The Morgan fingerprint density at radius 3 is 2.32 bits per heavy atom. The zero-order valence-electron chi connectivity index (χ0n) is 17.1. The first-order chi connectivity index (χ1) is 13.6. The first kappa shape index (κ1) is 20.0. The van der Waals surface area contributed by atoms with Gasteiger partial charge in [-0.05, 0) is 56.9 Å². The lowest BCUT2D eigenvalue weighted by molar-refractivity contribution is 0.0724. The Morgan fingerprint density at radius 1 is 1.00 bits per heavy atom. The number of piperazine rings is 1. The van der Waals surface area contributed by atoms with Crippen molar-refractivity contribution in [2.75, 3.05) is 44.2 Å². The highest BCUT2D eigenvalue weighted by atomic mass is 35.5. The van der Waals surface area contributed by atoms with E-state index in [-0.39, 0.29) is 5.91 Å². The number of carbonyl (C=O) groups excluding carboxylic acids is 1. The monoisotopic (exact) mass is 404 g/mol. The van der Waals surface area contributed by atoms with Gasteiger partial charge in [-0.1, -0.05) is 18.5 Å². The predicted octanol–water partition coefficient (Wildman–Crippen LogP) is 4.06. The van der Waals surface area contributed by atoms with Gasteiger partial charge in [-0.2, -0.15) is 0 Å². The Labute approximate surface area is 174 Å². The molecule has 1 saturated carbocycles. The quantitative estimate of drug-likeness (QED) is 0.761. The minimum atomic E-state index is 0.0667.